The third-order valence-electron chi connectivity index (χ3n) is 3.15. The zero-order valence-electron chi connectivity index (χ0n) is 12.2. The Labute approximate surface area is 132 Å². The van der Waals surface area contributed by atoms with E-state index in [-0.39, 0.29) is 11.7 Å². The number of nitro benzene ring substituents is 1. The van der Waals surface area contributed by atoms with Gasteiger partial charge < -0.3 is 4.74 Å². The average Bonchev–Trinajstić information content (AvgIpc) is 2.54. The van der Waals surface area contributed by atoms with Gasteiger partial charge in [0.1, 0.15) is 0 Å². The van der Waals surface area contributed by atoms with Gasteiger partial charge in [-0.2, -0.15) is 0 Å². The first-order chi connectivity index (χ1) is 10.5. The number of benzene rings is 2. The van der Waals surface area contributed by atoms with Crippen molar-refractivity contribution in [1.82, 2.24) is 0 Å². The molecule has 22 heavy (non-hydrogen) atoms. The van der Waals surface area contributed by atoms with Crippen LogP contribution in [0.3, 0.4) is 0 Å². The van der Waals surface area contributed by atoms with E-state index >= 15 is 0 Å². The second-order valence-corrected chi connectivity index (χ2v) is 5.66. The van der Waals surface area contributed by atoms with Gasteiger partial charge in [-0.15, -0.1) is 0 Å². The zero-order chi connectivity index (χ0) is 16.1. The molecule has 0 heterocycles. The van der Waals surface area contributed by atoms with Crippen LogP contribution in [0.1, 0.15) is 22.8 Å². The Morgan fingerprint density at radius 1 is 1.18 bits per heavy atom. The molecule has 2 aromatic carbocycles. The molecule has 0 aliphatic carbocycles. The van der Waals surface area contributed by atoms with Crippen LogP contribution in [0.2, 0.25) is 0 Å². The monoisotopic (exact) mass is 317 g/mol. The number of esters is 1. The number of carbonyl (C=O) groups is 1. The highest BCUT2D eigenvalue weighted by atomic mass is 32.2. The van der Waals surface area contributed by atoms with Crippen LogP contribution >= 0.6 is 11.8 Å². The quantitative estimate of drug-likeness (QED) is 0.472. The highest BCUT2D eigenvalue weighted by Gasteiger charge is 2.12. The fourth-order valence-electron chi connectivity index (χ4n) is 2.01. The molecular weight excluding hydrogens is 302 g/mol. The van der Waals surface area contributed by atoms with Crippen molar-refractivity contribution in [2.75, 3.05) is 7.11 Å². The van der Waals surface area contributed by atoms with Crippen molar-refractivity contribution in [2.24, 2.45) is 0 Å². The molecule has 0 aliphatic heterocycles. The molecule has 5 nitrogen and oxygen atoms in total. The summed E-state index contributed by atoms with van der Waals surface area (Å²) in [6.45, 7) is 1.97. The molecule has 2 rings (SSSR count). The van der Waals surface area contributed by atoms with Gasteiger partial charge in [-0.25, -0.2) is 4.79 Å². The largest absolute Gasteiger partial charge is 0.465 e. The Kier molecular flexibility index (Phi) is 5.16. The Morgan fingerprint density at radius 3 is 2.36 bits per heavy atom. The van der Waals surface area contributed by atoms with E-state index in [2.05, 4.69) is 0 Å². The lowest BCUT2D eigenvalue weighted by Gasteiger charge is -2.08. The van der Waals surface area contributed by atoms with Crippen molar-refractivity contribution in [2.45, 2.75) is 23.1 Å². The number of aryl methyl sites for hydroxylation is 1. The fraction of sp³-hybridized carbons (Fsp3) is 0.188. The van der Waals surface area contributed by atoms with Gasteiger partial charge in [0.15, 0.2) is 0 Å². The normalized spacial score (nSPS) is 10.3. The second kappa shape index (κ2) is 7.09. The first-order valence-electron chi connectivity index (χ1n) is 6.68. The summed E-state index contributed by atoms with van der Waals surface area (Å²) in [6.07, 6.45) is 0.721. The lowest BCUT2D eigenvalue weighted by Crippen LogP contribution is -2.05. The summed E-state index contributed by atoms with van der Waals surface area (Å²) < 4.78 is 4.76. The summed E-state index contributed by atoms with van der Waals surface area (Å²) in [5.41, 5.74) is 1.55. The molecule has 0 amide bonds. The topological polar surface area (TPSA) is 69.4 Å². The smallest absolute Gasteiger partial charge is 0.338 e. The first kappa shape index (κ1) is 16.0. The minimum Gasteiger partial charge on any atom is -0.465 e. The van der Waals surface area contributed by atoms with Gasteiger partial charge in [-0.1, -0.05) is 18.7 Å². The number of nitrogens with zero attached hydrogens (tertiary/aromatic N) is 1. The molecule has 0 atom stereocenters. The Hall–Kier alpha value is -2.34. The van der Waals surface area contributed by atoms with Crippen LogP contribution in [-0.4, -0.2) is 18.0 Å². The minimum atomic E-state index is -0.422. The van der Waals surface area contributed by atoms with E-state index in [1.807, 2.05) is 19.1 Å². The highest BCUT2D eigenvalue weighted by Crippen LogP contribution is 2.30. The Morgan fingerprint density at radius 2 is 1.82 bits per heavy atom. The first-order valence-corrected chi connectivity index (χ1v) is 7.50. The van der Waals surface area contributed by atoms with Gasteiger partial charge in [0.2, 0.25) is 0 Å². The van der Waals surface area contributed by atoms with E-state index in [1.54, 1.807) is 18.2 Å². The van der Waals surface area contributed by atoms with E-state index < -0.39 is 4.92 Å². The summed E-state index contributed by atoms with van der Waals surface area (Å²) in [5, 5.41) is 10.6. The van der Waals surface area contributed by atoms with Gasteiger partial charge in [-0.05, 0) is 42.3 Å². The molecule has 0 radical (unpaired) electrons. The molecule has 0 saturated heterocycles. The molecule has 0 unspecified atom stereocenters. The Balaban J connectivity index is 2.22. The van der Waals surface area contributed by atoms with Crippen LogP contribution in [0.5, 0.6) is 0 Å². The predicted molar refractivity (Wildman–Crippen MR) is 84.4 cm³/mol. The predicted octanol–water partition coefficient (Wildman–Crippen LogP) is 4.10. The number of ether oxygens (including phenoxy) is 1. The van der Waals surface area contributed by atoms with Crippen LogP contribution in [0.4, 0.5) is 5.69 Å². The summed E-state index contributed by atoms with van der Waals surface area (Å²) in [7, 11) is 1.36. The summed E-state index contributed by atoms with van der Waals surface area (Å²) in [5.74, 6) is -0.344. The summed E-state index contributed by atoms with van der Waals surface area (Å²) >= 11 is 1.49. The summed E-state index contributed by atoms with van der Waals surface area (Å²) in [6, 6.07) is 11.9. The molecule has 114 valence electrons. The van der Waals surface area contributed by atoms with Gasteiger partial charge in [-0.3, -0.25) is 10.1 Å². The van der Waals surface area contributed by atoms with Crippen molar-refractivity contribution < 1.29 is 14.5 Å². The molecule has 6 heteroatoms. The number of carbonyl (C=O) groups excluding carboxylic acids is 1. The maximum absolute atomic E-state index is 11.7. The molecule has 0 aromatic heterocycles. The number of rotatable bonds is 5. The average molecular weight is 317 g/mol. The third kappa shape index (κ3) is 3.65. The molecule has 0 bridgehead atoms. The molecule has 2 aromatic rings. The van der Waals surface area contributed by atoms with E-state index in [9.17, 15) is 14.9 Å². The van der Waals surface area contributed by atoms with Crippen molar-refractivity contribution in [3.05, 3.63) is 63.7 Å². The van der Waals surface area contributed by atoms with Gasteiger partial charge in [0, 0.05) is 21.9 Å². The Bertz CT molecular complexity index is 698. The van der Waals surface area contributed by atoms with E-state index in [1.165, 1.54) is 31.0 Å². The van der Waals surface area contributed by atoms with Crippen LogP contribution < -0.4 is 0 Å². The van der Waals surface area contributed by atoms with Crippen molar-refractivity contribution in [3.8, 4) is 0 Å². The van der Waals surface area contributed by atoms with Gasteiger partial charge >= 0.3 is 5.97 Å². The van der Waals surface area contributed by atoms with E-state index in [4.69, 9.17) is 4.74 Å². The standard InChI is InChI=1S/C16H15NO4S/c1-3-11-10-14(8-9-15(11)16(18)21-2)22-13-6-4-12(5-7-13)17(19)20/h4-10H,3H2,1-2H3. The van der Waals surface area contributed by atoms with Crippen LogP contribution in [0.15, 0.2) is 52.3 Å². The summed E-state index contributed by atoms with van der Waals surface area (Å²) in [4.78, 5) is 23.8. The fourth-order valence-corrected chi connectivity index (χ4v) is 2.89. The van der Waals surface area contributed by atoms with Crippen molar-refractivity contribution >= 4 is 23.4 Å². The SMILES string of the molecule is CCc1cc(Sc2ccc([N+](=O)[O-])cc2)ccc1C(=O)OC. The highest BCUT2D eigenvalue weighted by molar-refractivity contribution is 7.99. The number of hydrogen-bond acceptors (Lipinski definition) is 5. The molecule has 0 N–H and O–H groups in total. The van der Waals surface area contributed by atoms with E-state index in [0.717, 1.165) is 21.8 Å². The zero-order valence-corrected chi connectivity index (χ0v) is 13.1. The lowest BCUT2D eigenvalue weighted by atomic mass is 10.1. The van der Waals surface area contributed by atoms with Crippen LogP contribution in [0, 0.1) is 10.1 Å². The number of methoxy groups -OCH3 is 1. The van der Waals surface area contributed by atoms with Crippen molar-refractivity contribution in [1.29, 1.82) is 0 Å². The molecule has 0 saturated carbocycles. The molecule has 0 fully saturated rings. The number of nitro groups is 1. The maximum Gasteiger partial charge on any atom is 0.338 e. The number of non-ortho nitro benzene ring substituents is 1. The number of hydrogen-bond donors (Lipinski definition) is 0. The van der Waals surface area contributed by atoms with Gasteiger partial charge in [0.05, 0.1) is 17.6 Å². The second-order valence-electron chi connectivity index (χ2n) is 4.52. The maximum atomic E-state index is 11.7. The molecule has 0 aliphatic rings. The minimum absolute atomic E-state index is 0.0691. The molecular formula is C16H15NO4S. The third-order valence-corrected chi connectivity index (χ3v) is 4.14. The van der Waals surface area contributed by atoms with Crippen molar-refractivity contribution in [3.63, 3.8) is 0 Å². The van der Waals surface area contributed by atoms with Gasteiger partial charge in [0.25, 0.3) is 5.69 Å². The van der Waals surface area contributed by atoms with E-state index in [0.29, 0.717) is 5.56 Å². The van der Waals surface area contributed by atoms with Crippen LogP contribution in [-0.2, 0) is 11.2 Å². The molecule has 0 spiro atoms. The van der Waals surface area contributed by atoms with Crippen LogP contribution in [0.25, 0.3) is 0 Å². The lowest BCUT2D eigenvalue weighted by molar-refractivity contribution is -0.384.